The molecular formula is C19H17N3O3. The molecule has 6 heteroatoms. The van der Waals surface area contributed by atoms with Crippen molar-refractivity contribution in [2.75, 3.05) is 6.54 Å². The molecule has 0 unspecified atom stereocenters. The molecule has 0 saturated heterocycles. The van der Waals surface area contributed by atoms with Gasteiger partial charge in [0.15, 0.2) is 0 Å². The van der Waals surface area contributed by atoms with E-state index in [-0.39, 0.29) is 12.5 Å². The van der Waals surface area contributed by atoms with Gasteiger partial charge in [-0.1, -0.05) is 36.4 Å². The maximum absolute atomic E-state index is 12.3. The molecular weight excluding hydrogens is 318 g/mol. The first-order valence-corrected chi connectivity index (χ1v) is 7.78. The van der Waals surface area contributed by atoms with Crippen LogP contribution in [0.25, 0.3) is 10.8 Å². The highest BCUT2D eigenvalue weighted by molar-refractivity contribution is 6.07. The molecule has 1 heterocycles. The summed E-state index contributed by atoms with van der Waals surface area (Å²) in [5.41, 5.74) is 2.87. The van der Waals surface area contributed by atoms with Crippen molar-refractivity contribution in [3.63, 3.8) is 0 Å². The molecule has 0 aliphatic heterocycles. The van der Waals surface area contributed by atoms with E-state index in [1.807, 2.05) is 43.3 Å². The molecule has 2 N–H and O–H groups in total. The molecule has 0 aliphatic carbocycles. The number of hydrogen-bond donors (Lipinski definition) is 2. The smallest absolute Gasteiger partial charge is 0.259 e. The molecule has 0 bridgehead atoms. The molecule has 2 aromatic carbocycles. The summed E-state index contributed by atoms with van der Waals surface area (Å²) in [7, 11) is 0. The molecule has 6 nitrogen and oxygen atoms in total. The third kappa shape index (κ3) is 4.11. The van der Waals surface area contributed by atoms with Crippen LogP contribution in [0.15, 0.2) is 64.1 Å². The lowest BCUT2D eigenvalue weighted by Gasteiger charge is -2.07. The van der Waals surface area contributed by atoms with E-state index in [9.17, 15) is 9.59 Å². The highest BCUT2D eigenvalue weighted by Crippen LogP contribution is 2.18. The predicted molar refractivity (Wildman–Crippen MR) is 95.5 cm³/mol. The predicted octanol–water partition coefficient (Wildman–Crippen LogP) is 2.62. The van der Waals surface area contributed by atoms with Crippen molar-refractivity contribution in [2.24, 2.45) is 5.10 Å². The number of benzene rings is 2. The number of nitrogens with one attached hydrogen (secondary N) is 2. The van der Waals surface area contributed by atoms with E-state index in [2.05, 4.69) is 15.8 Å². The van der Waals surface area contributed by atoms with Gasteiger partial charge in [0.2, 0.25) is 0 Å². The molecule has 0 fully saturated rings. The largest absolute Gasteiger partial charge is 0.460 e. The van der Waals surface area contributed by atoms with Gasteiger partial charge in [0.05, 0.1) is 12.8 Å². The number of furan rings is 1. The van der Waals surface area contributed by atoms with E-state index in [0.29, 0.717) is 11.3 Å². The number of aryl methyl sites for hydroxylation is 1. The number of rotatable bonds is 5. The summed E-state index contributed by atoms with van der Waals surface area (Å²) in [5, 5.41) is 8.19. The third-order valence-electron chi connectivity index (χ3n) is 3.59. The van der Waals surface area contributed by atoms with Crippen molar-refractivity contribution in [1.29, 1.82) is 0 Å². The van der Waals surface area contributed by atoms with Gasteiger partial charge >= 0.3 is 0 Å². The summed E-state index contributed by atoms with van der Waals surface area (Å²) in [4.78, 5) is 24.1. The average Bonchev–Trinajstić information content (AvgIpc) is 3.04. The molecule has 3 rings (SSSR count). The average molecular weight is 335 g/mol. The highest BCUT2D eigenvalue weighted by Gasteiger charge is 2.10. The topological polar surface area (TPSA) is 83.7 Å². The van der Waals surface area contributed by atoms with Crippen molar-refractivity contribution in [3.05, 3.63) is 71.7 Å². The second kappa shape index (κ2) is 7.44. The summed E-state index contributed by atoms with van der Waals surface area (Å²) >= 11 is 0. The van der Waals surface area contributed by atoms with Gasteiger partial charge in [-0.15, -0.1) is 0 Å². The number of hydrogen-bond acceptors (Lipinski definition) is 4. The molecule has 126 valence electrons. The lowest BCUT2D eigenvalue weighted by Crippen LogP contribution is -2.35. The Hall–Kier alpha value is -3.41. The van der Waals surface area contributed by atoms with Crippen LogP contribution >= 0.6 is 0 Å². The van der Waals surface area contributed by atoms with Crippen molar-refractivity contribution < 1.29 is 14.0 Å². The molecule has 0 spiro atoms. The van der Waals surface area contributed by atoms with Crippen LogP contribution in [-0.4, -0.2) is 24.6 Å². The van der Waals surface area contributed by atoms with E-state index in [0.717, 1.165) is 16.5 Å². The second-order valence-electron chi connectivity index (χ2n) is 5.45. The SMILES string of the molecule is Cc1ccc(/C=N\NC(=O)CNC(=O)c2cccc3ccccc23)o1. The normalized spacial score (nSPS) is 10.9. The van der Waals surface area contributed by atoms with E-state index in [4.69, 9.17) is 4.42 Å². The summed E-state index contributed by atoms with van der Waals surface area (Å²) in [6, 6.07) is 16.6. The first-order chi connectivity index (χ1) is 12.1. The Labute approximate surface area is 144 Å². The Bertz CT molecular complexity index is 938. The summed E-state index contributed by atoms with van der Waals surface area (Å²) in [5.74, 6) is 0.568. The Kier molecular flexibility index (Phi) is 4.89. The fourth-order valence-electron chi connectivity index (χ4n) is 2.41. The van der Waals surface area contributed by atoms with Gasteiger partial charge in [-0.2, -0.15) is 5.10 Å². The quantitative estimate of drug-likeness (QED) is 0.555. The summed E-state index contributed by atoms with van der Waals surface area (Å²) in [6.07, 6.45) is 1.40. The fraction of sp³-hybridized carbons (Fsp3) is 0.105. The Balaban J connectivity index is 1.56. The van der Waals surface area contributed by atoms with Crippen LogP contribution < -0.4 is 10.7 Å². The fourth-order valence-corrected chi connectivity index (χ4v) is 2.41. The van der Waals surface area contributed by atoms with Crippen molar-refractivity contribution in [2.45, 2.75) is 6.92 Å². The van der Waals surface area contributed by atoms with Gasteiger partial charge in [-0.25, -0.2) is 5.43 Å². The van der Waals surface area contributed by atoms with Gasteiger partial charge in [0, 0.05) is 5.56 Å². The van der Waals surface area contributed by atoms with Gasteiger partial charge in [0.25, 0.3) is 11.8 Å². The zero-order chi connectivity index (χ0) is 17.6. The van der Waals surface area contributed by atoms with Gasteiger partial charge < -0.3 is 9.73 Å². The molecule has 0 atom stereocenters. The molecule has 2 amide bonds. The maximum atomic E-state index is 12.3. The molecule has 25 heavy (non-hydrogen) atoms. The lowest BCUT2D eigenvalue weighted by molar-refractivity contribution is -0.120. The maximum Gasteiger partial charge on any atom is 0.259 e. The second-order valence-corrected chi connectivity index (χ2v) is 5.45. The number of fused-ring (bicyclic) bond motifs is 1. The monoisotopic (exact) mass is 335 g/mol. The van der Waals surface area contributed by atoms with Crippen LogP contribution in [0.4, 0.5) is 0 Å². The zero-order valence-electron chi connectivity index (χ0n) is 13.7. The van der Waals surface area contributed by atoms with E-state index < -0.39 is 5.91 Å². The summed E-state index contributed by atoms with van der Waals surface area (Å²) in [6.45, 7) is 1.65. The van der Waals surface area contributed by atoms with Crippen LogP contribution in [0.5, 0.6) is 0 Å². The number of hydrazone groups is 1. The number of carbonyl (C=O) groups is 2. The molecule has 1 aromatic heterocycles. The minimum Gasteiger partial charge on any atom is -0.460 e. The number of amides is 2. The van der Waals surface area contributed by atoms with Crippen molar-refractivity contribution in [1.82, 2.24) is 10.7 Å². The van der Waals surface area contributed by atoms with E-state index >= 15 is 0 Å². The molecule has 0 saturated carbocycles. The van der Waals surface area contributed by atoms with Gasteiger partial charge in [-0.05, 0) is 35.9 Å². The highest BCUT2D eigenvalue weighted by atomic mass is 16.3. The minimum atomic E-state index is -0.423. The molecule has 0 aliphatic rings. The number of nitrogens with zero attached hydrogens (tertiary/aromatic N) is 1. The van der Waals surface area contributed by atoms with E-state index in [1.165, 1.54) is 6.21 Å². The third-order valence-corrected chi connectivity index (χ3v) is 3.59. The molecule has 3 aromatic rings. The van der Waals surface area contributed by atoms with Crippen LogP contribution in [0.2, 0.25) is 0 Å². The van der Waals surface area contributed by atoms with Crippen LogP contribution in [0, 0.1) is 6.92 Å². The Morgan fingerprint density at radius 2 is 1.88 bits per heavy atom. The Morgan fingerprint density at radius 3 is 2.68 bits per heavy atom. The first-order valence-electron chi connectivity index (χ1n) is 7.78. The van der Waals surface area contributed by atoms with Crippen molar-refractivity contribution in [3.8, 4) is 0 Å². The lowest BCUT2D eigenvalue weighted by atomic mass is 10.0. The van der Waals surface area contributed by atoms with Crippen LogP contribution in [0.3, 0.4) is 0 Å². The zero-order valence-corrected chi connectivity index (χ0v) is 13.7. The number of carbonyl (C=O) groups excluding carboxylic acids is 2. The van der Waals surface area contributed by atoms with Crippen molar-refractivity contribution >= 4 is 28.8 Å². The molecule has 0 radical (unpaired) electrons. The van der Waals surface area contributed by atoms with Gasteiger partial charge in [0.1, 0.15) is 11.5 Å². The summed E-state index contributed by atoms with van der Waals surface area (Å²) < 4.78 is 5.29. The minimum absolute atomic E-state index is 0.170. The Morgan fingerprint density at radius 1 is 1.08 bits per heavy atom. The standard InChI is InChI=1S/C19H17N3O3/c1-13-9-10-15(25-13)11-21-22-18(23)12-20-19(24)17-8-4-6-14-5-2-3-7-16(14)17/h2-11H,12H2,1H3,(H,20,24)(H,22,23)/b21-11-. The van der Waals surface area contributed by atoms with Crippen LogP contribution in [0.1, 0.15) is 21.9 Å². The first kappa shape index (κ1) is 16.4. The van der Waals surface area contributed by atoms with Gasteiger partial charge in [-0.3, -0.25) is 9.59 Å². The van der Waals surface area contributed by atoms with Crippen LogP contribution in [-0.2, 0) is 4.79 Å². The van der Waals surface area contributed by atoms with E-state index in [1.54, 1.807) is 18.2 Å².